The van der Waals surface area contributed by atoms with E-state index in [0.29, 0.717) is 24.2 Å². The van der Waals surface area contributed by atoms with Gasteiger partial charge in [0, 0.05) is 37.1 Å². The maximum absolute atomic E-state index is 14.6. The molecule has 0 saturated heterocycles. The first-order chi connectivity index (χ1) is 36.3. The van der Waals surface area contributed by atoms with Crippen LogP contribution < -0.4 is 33.8 Å². The number of Topliss-reactive ketones (excluding diaryl/α,β-unsaturated/α-hetero) is 2. The standard InChI is InChI=1S/C56H56F6N7O8.HI/c1-7-76-51(72)47-35(3)67(43-15-9-13-41(29-43)55(57,58)59)53(74)65(49(47)39-23-19-37(31-63)20-24-39)33-45(70)17-11-27-69(5,6)28-12-18-46(71)34-66-50(40-25-21-38(32-64)22-26-40)48(52(73)77-8-2)36(4)68(54(66)75)44-16-10-14-42(30-44)56(60,61)62;/h9-10,13-16,19-26,29-30,49-50H,7-8,11-12,17-18,27-28,33-34H2,1-6H3;1H/q+1;/p-1/t49-,50-;/m1./s1. The fourth-order valence-corrected chi connectivity index (χ4v) is 9.45. The summed E-state index contributed by atoms with van der Waals surface area (Å²) in [6.07, 6.45) is -9.19. The number of quaternary nitrogens is 1. The van der Waals surface area contributed by atoms with Gasteiger partial charge < -0.3 is 47.7 Å². The summed E-state index contributed by atoms with van der Waals surface area (Å²) in [4.78, 5) is 88.8. The van der Waals surface area contributed by atoms with Crippen LogP contribution in [0.5, 0.6) is 0 Å². The molecule has 2 aliphatic rings. The summed E-state index contributed by atoms with van der Waals surface area (Å²) in [6.45, 7) is 5.32. The van der Waals surface area contributed by atoms with Crippen molar-refractivity contribution in [3.8, 4) is 12.1 Å². The second kappa shape index (κ2) is 25.7. The lowest BCUT2D eigenvalue weighted by Gasteiger charge is -2.42. The number of benzene rings is 4. The van der Waals surface area contributed by atoms with E-state index < -0.39 is 84.2 Å². The number of ketones is 2. The Balaban J connectivity index is 0.0000112. The molecule has 6 rings (SSSR count). The summed E-state index contributed by atoms with van der Waals surface area (Å²) in [5, 5.41) is 19.0. The number of halogens is 7. The first-order valence-electron chi connectivity index (χ1n) is 24.5. The van der Waals surface area contributed by atoms with Crippen molar-refractivity contribution >= 4 is 46.9 Å². The number of nitrogens with zero attached hydrogens (tertiary/aromatic N) is 7. The predicted octanol–water partition coefficient (Wildman–Crippen LogP) is 7.59. The summed E-state index contributed by atoms with van der Waals surface area (Å²) in [5.41, 5.74) is -1.61. The maximum Gasteiger partial charge on any atom is 0.416 e. The van der Waals surface area contributed by atoms with Crippen LogP contribution in [0.1, 0.15) is 98.8 Å². The summed E-state index contributed by atoms with van der Waals surface area (Å²) in [6, 6.07) is 19.6. The van der Waals surface area contributed by atoms with E-state index >= 15 is 0 Å². The highest BCUT2D eigenvalue weighted by Gasteiger charge is 2.46. The largest absolute Gasteiger partial charge is 1.00 e. The van der Waals surface area contributed by atoms with Crippen LogP contribution in [-0.2, 0) is 41.0 Å². The molecule has 4 aromatic rings. The first-order valence-corrected chi connectivity index (χ1v) is 24.5. The third-order valence-corrected chi connectivity index (χ3v) is 13.2. The van der Waals surface area contributed by atoms with Crippen LogP contribution in [-0.4, -0.2) is 103 Å². The van der Waals surface area contributed by atoms with Crippen molar-refractivity contribution in [1.82, 2.24) is 9.80 Å². The van der Waals surface area contributed by atoms with Crippen LogP contribution in [0.25, 0.3) is 0 Å². The minimum absolute atomic E-state index is 0. The fourth-order valence-electron chi connectivity index (χ4n) is 9.45. The molecule has 0 radical (unpaired) electrons. The van der Waals surface area contributed by atoms with Crippen LogP contribution in [0.15, 0.2) is 120 Å². The molecule has 0 aliphatic carbocycles. The third-order valence-electron chi connectivity index (χ3n) is 13.2. The van der Waals surface area contributed by atoms with E-state index in [1.807, 2.05) is 26.2 Å². The first kappa shape index (κ1) is 61.3. The SMILES string of the molecule is CCOC(=O)C1=C(C)N(c2cccc(C(F)(F)F)c2)C(=O)N(CC(=O)CCC[N+](C)(C)CCCC(=O)CN2C(=O)N(c3cccc(C(F)(F)F)c3)C(C)=C(C(=O)OCC)[C@H]2c2ccc(C#N)cc2)[C@@H]1c1ccc(C#N)cc1.[I-]. The predicted molar refractivity (Wildman–Crippen MR) is 269 cm³/mol. The minimum Gasteiger partial charge on any atom is -1.00 e. The van der Waals surface area contributed by atoms with E-state index in [1.165, 1.54) is 74.5 Å². The van der Waals surface area contributed by atoms with Crippen LogP contribution in [0.2, 0.25) is 0 Å². The minimum atomic E-state index is -4.78. The van der Waals surface area contributed by atoms with Gasteiger partial charge in [0.25, 0.3) is 0 Å². The zero-order chi connectivity index (χ0) is 56.6. The number of urea groups is 2. The molecule has 0 fully saturated rings. The molecular formula is C56H56F6IN7O8. The fraction of sp³-hybridized carbons (Fsp3) is 0.357. The molecule has 4 aromatic carbocycles. The lowest BCUT2D eigenvalue weighted by molar-refractivity contribution is -0.890. The van der Waals surface area contributed by atoms with Gasteiger partial charge in [0.1, 0.15) is 0 Å². The summed E-state index contributed by atoms with van der Waals surface area (Å²) >= 11 is 0. The Labute approximate surface area is 464 Å². The van der Waals surface area contributed by atoms with Gasteiger partial charge in [-0.1, -0.05) is 36.4 Å². The number of esters is 2. The van der Waals surface area contributed by atoms with Crippen molar-refractivity contribution in [2.75, 3.05) is 63.3 Å². The molecule has 22 heteroatoms. The average molecular weight is 1200 g/mol. The number of rotatable bonds is 20. The molecule has 412 valence electrons. The molecule has 4 amide bonds. The highest BCUT2D eigenvalue weighted by Crippen LogP contribution is 2.43. The van der Waals surface area contributed by atoms with Crippen molar-refractivity contribution in [2.45, 2.75) is 77.8 Å². The van der Waals surface area contributed by atoms with E-state index in [1.54, 1.807) is 13.8 Å². The number of allylic oxidation sites excluding steroid dienone is 2. The van der Waals surface area contributed by atoms with Crippen LogP contribution in [0.4, 0.5) is 47.3 Å². The summed E-state index contributed by atoms with van der Waals surface area (Å²) in [7, 11) is 3.72. The van der Waals surface area contributed by atoms with Crippen molar-refractivity contribution in [3.05, 3.63) is 153 Å². The lowest BCUT2D eigenvalue weighted by atomic mass is 9.91. The van der Waals surface area contributed by atoms with Gasteiger partial charge in [0.15, 0.2) is 11.6 Å². The number of nitriles is 2. The van der Waals surface area contributed by atoms with Gasteiger partial charge in [0.2, 0.25) is 0 Å². The number of amides is 4. The van der Waals surface area contributed by atoms with Crippen molar-refractivity contribution in [3.63, 3.8) is 0 Å². The molecule has 78 heavy (non-hydrogen) atoms. The van der Waals surface area contributed by atoms with E-state index in [0.717, 1.165) is 56.0 Å². The van der Waals surface area contributed by atoms with Gasteiger partial charge in [-0.15, -0.1) is 0 Å². The number of anilines is 2. The maximum atomic E-state index is 14.6. The molecular weight excluding hydrogens is 1140 g/mol. The molecule has 0 spiro atoms. The Morgan fingerprint density at radius 2 is 0.936 bits per heavy atom. The van der Waals surface area contributed by atoms with Crippen molar-refractivity contribution in [1.29, 1.82) is 10.5 Å². The lowest BCUT2D eigenvalue weighted by Crippen LogP contribution is -3.00. The third kappa shape index (κ3) is 14.1. The molecule has 2 aliphatic heterocycles. The Kier molecular flexibility index (Phi) is 20.2. The summed E-state index contributed by atoms with van der Waals surface area (Å²) < 4.78 is 94.7. The topological polar surface area (TPSA) is 181 Å². The molecule has 0 N–H and O–H groups in total. The van der Waals surface area contributed by atoms with Crippen LogP contribution in [0, 0.1) is 22.7 Å². The van der Waals surface area contributed by atoms with Gasteiger partial charge in [-0.25, -0.2) is 19.2 Å². The highest BCUT2D eigenvalue weighted by molar-refractivity contribution is 6.06. The molecule has 0 saturated carbocycles. The second-order valence-corrected chi connectivity index (χ2v) is 19.0. The smallest absolute Gasteiger partial charge is 0.416 e. The van der Waals surface area contributed by atoms with Gasteiger partial charge in [0.05, 0.1) is 122 Å². The van der Waals surface area contributed by atoms with Crippen molar-refractivity contribution < 1.29 is 93.0 Å². The van der Waals surface area contributed by atoms with E-state index in [9.17, 15) is 65.6 Å². The number of hydrogen-bond donors (Lipinski definition) is 0. The monoisotopic (exact) mass is 1200 g/mol. The number of ether oxygens (including phenoxy) is 2. The number of hydrogen-bond acceptors (Lipinski definition) is 10. The summed E-state index contributed by atoms with van der Waals surface area (Å²) in [5.74, 6) is -2.66. The zero-order valence-electron chi connectivity index (χ0n) is 43.5. The highest BCUT2D eigenvalue weighted by atomic mass is 127. The molecule has 0 aromatic heterocycles. The molecule has 0 unspecified atom stereocenters. The van der Waals surface area contributed by atoms with E-state index in [2.05, 4.69) is 0 Å². The Morgan fingerprint density at radius 3 is 1.24 bits per heavy atom. The van der Waals surface area contributed by atoms with Gasteiger partial charge in [-0.05, 0) is 99.5 Å². The normalized spacial score (nSPS) is 16.1. The van der Waals surface area contributed by atoms with E-state index in [-0.39, 0.29) is 112 Å². The number of carbonyl (C=O) groups is 6. The zero-order valence-corrected chi connectivity index (χ0v) is 45.7. The molecule has 0 bridgehead atoms. The Morgan fingerprint density at radius 1 is 0.590 bits per heavy atom. The second-order valence-electron chi connectivity index (χ2n) is 19.0. The van der Waals surface area contributed by atoms with E-state index in [4.69, 9.17) is 9.47 Å². The van der Waals surface area contributed by atoms with Crippen LogP contribution in [0.3, 0.4) is 0 Å². The Hall–Kier alpha value is -7.57. The van der Waals surface area contributed by atoms with Gasteiger partial charge in [-0.2, -0.15) is 36.9 Å². The number of carbonyl (C=O) groups excluding carboxylic acids is 6. The Bertz CT molecular complexity index is 2870. The van der Waals surface area contributed by atoms with Crippen molar-refractivity contribution in [2.24, 2.45) is 0 Å². The molecule has 15 nitrogen and oxygen atoms in total. The average Bonchev–Trinajstić information content (AvgIpc) is 3.42. The van der Waals surface area contributed by atoms with Gasteiger partial charge >= 0.3 is 36.4 Å². The van der Waals surface area contributed by atoms with Crippen LogP contribution >= 0.6 is 0 Å². The van der Waals surface area contributed by atoms with Gasteiger partial charge in [-0.3, -0.25) is 19.4 Å². The number of alkyl halides is 6. The molecule has 2 heterocycles. The molecule has 2 atom stereocenters. The quantitative estimate of drug-likeness (QED) is 0.0370.